The fourth-order valence-electron chi connectivity index (χ4n) is 1.27. The van der Waals surface area contributed by atoms with Crippen LogP contribution in [0.3, 0.4) is 0 Å². The smallest absolute Gasteiger partial charge is 0.119 e. The average molecular weight is 205 g/mol. The molecule has 0 heterocycles. The molecule has 0 saturated carbocycles. The Morgan fingerprint density at radius 2 is 2.00 bits per heavy atom. The minimum Gasteiger partial charge on any atom is -0.492 e. The van der Waals surface area contributed by atoms with Crippen molar-refractivity contribution in [3.63, 3.8) is 0 Å². The maximum absolute atomic E-state index is 5.60. The summed E-state index contributed by atoms with van der Waals surface area (Å²) >= 11 is 0. The molecule has 0 unspecified atom stereocenters. The van der Waals surface area contributed by atoms with Crippen LogP contribution >= 0.6 is 0 Å². The van der Waals surface area contributed by atoms with Crippen molar-refractivity contribution >= 4 is 0 Å². The quantitative estimate of drug-likeness (QED) is 0.662. The van der Waals surface area contributed by atoms with Gasteiger partial charge < -0.3 is 4.74 Å². The van der Waals surface area contributed by atoms with Crippen LogP contribution in [0.1, 0.15) is 5.56 Å². The van der Waals surface area contributed by atoms with Crippen molar-refractivity contribution in [3.05, 3.63) is 42.5 Å². The van der Waals surface area contributed by atoms with Gasteiger partial charge in [0, 0.05) is 13.1 Å². The Bertz CT molecular complexity index is 292. The predicted molar refractivity (Wildman–Crippen MR) is 64.4 cm³/mol. The third-order valence-electron chi connectivity index (χ3n) is 2.20. The van der Waals surface area contributed by atoms with Crippen LogP contribution in [0.15, 0.2) is 36.9 Å². The molecule has 0 aromatic heterocycles. The first-order valence-electron chi connectivity index (χ1n) is 5.21. The summed E-state index contributed by atoms with van der Waals surface area (Å²) in [4.78, 5) is 2.17. The maximum atomic E-state index is 5.60. The summed E-state index contributed by atoms with van der Waals surface area (Å²) in [6, 6.07) is 8.12. The van der Waals surface area contributed by atoms with Crippen molar-refractivity contribution in [2.24, 2.45) is 0 Å². The number of nitrogens with zero attached hydrogens (tertiary/aromatic N) is 1. The molecule has 82 valence electrons. The summed E-state index contributed by atoms with van der Waals surface area (Å²) in [6.45, 7) is 8.30. The lowest BCUT2D eigenvalue weighted by atomic mass is 10.2. The molecule has 0 fully saturated rings. The highest BCUT2D eigenvalue weighted by molar-refractivity contribution is 5.26. The van der Waals surface area contributed by atoms with Gasteiger partial charge in [0.1, 0.15) is 12.4 Å². The van der Waals surface area contributed by atoms with Crippen LogP contribution in [0.4, 0.5) is 0 Å². The van der Waals surface area contributed by atoms with E-state index in [0.29, 0.717) is 6.61 Å². The molecular weight excluding hydrogens is 186 g/mol. The summed E-state index contributed by atoms with van der Waals surface area (Å²) < 4.78 is 5.60. The van der Waals surface area contributed by atoms with E-state index in [1.54, 1.807) is 0 Å². The van der Waals surface area contributed by atoms with E-state index < -0.39 is 0 Å². The second kappa shape index (κ2) is 6.25. The minimum atomic E-state index is 0.716. The minimum absolute atomic E-state index is 0.716. The first-order valence-corrected chi connectivity index (χ1v) is 5.21. The topological polar surface area (TPSA) is 12.5 Å². The molecule has 0 amide bonds. The summed E-state index contributed by atoms with van der Waals surface area (Å²) in [5.41, 5.74) is 1.26. The van der Waals surface area contributed by atoms with Gasteiger partial charge in [-0.25, -0.2) is 0 Å². The molecule has 1 rings (SSSR count). The van der Waals surface area contributed by atoms with Crippen LogP contribution in [0.25, 0.3) is 0 Å². The molecule has 1 aromatic carbocycles. The molecule has 0 spiro atoms. The van der Waals surface area contributed by atoms with Gasteiger partial charge in [-0.3, -0.25) is 4.90 Å². The van der Waals surface area contributed by atoms with Gasteiger partial charge in [-0.05, 0) is 26.1 Å². The highest BCUT2D eigenvalue weighted by atomic mass is 16.5. The van der Waals surface area contributed by atoms with Crippen LogP contribution in [-0.4, -0.2) is 31.6 Å². The van der Waals surface area contributed by atoms with Crippen LogP contribution < -0.4 is 4.74 Å². The van der Waals surface area contributed by atoms with Crippen molar-refractivity contribution in [3.8, 4) is 5.75 Å². The Morgan fingerprint density at radius 3 is 2.60 bits per heavy atom. The van der Waals surface area contributed by atoms with E-state index in [0.717, 1.165) is 18.8 Å². The second-order valence-electron chi connectivity index (χ2n) is 3.71. The van der Waals surface area contributed by atoms with Crippen LogP contribution in [0, 0.1) is 6.92 Å². The highest BCUT2D eigenvalue weighted by Crippen LogP contribution is 2.10. The van der Waals surface area contributed by atoms with Gasteiger partial charge in [0.25, 0.3) is 0 Å². The molecule has 0 aliphatic carbocycles. The number of hydrogen-bond donors (Lipinski definition) is 0. The van der Waals surface area contributed by atoms with E-state index in [1.807, 2.05) is 18.2 Å². The second-order valence-corrected chi connectivity index (χ2v) is 3.71. The summed E-state index contributed by atoms with van der Waals surface area (Å²) in [5, 5.41) is 0. The van der Waals surface area contributed by atoms with Crippen molar-refractivity contribution in [1.82, 2.24) is 4.90 Å². The molecule has 0 radical (unpaired) electrons. The molecular formula is C13H19NO. The first kappa shape index (κ1) is 11.8. The van der Waals surface area contributed by atoms with Crippen LogP contribution in [-0.2, 0) is 0 Å². The number of benzene rings is 1. The van der Waals surface area contributed by atoms with Gasteiger partial charge in [0.05, 0.1) is 0 Å². The Labute approximate surface area is 92.2 Å². The molecule has 2 heteroatoms. The fraction of sp³-hybridized carbons (Fsp3) is 0.385. The SMILES string of the molecule is C=CCN(C)CCOc1ccc(C)cc1. The third kappa shape index (κ3) is 4.66. The van der Waals surface area contributed by atoms with Crippen molar-refractivity contribution in [2.45, 2.75) is 6.92 Å². The summed E-state index contributed by atoms with van der Waals surface area (Å²) in [7, 11) is 2.06. The molecule has 0 aliphatic heterocycles. The number of likely N-dealkylation sites (N-methyl/N-ethyl adjacent to an activating group) is 1. The molecule has 1 aromatic rings. The van der Waals surface area contributed by atoms with E-state index in [-0.39, 0.29) is 0 Å². The van der Waals surface area contributed by atoms with E-state index in [1.165, 1.54) is 5.56 Å². The van der Waals surface area contributed by atoms with Gasteiger partial charge in [-0.1, -0.05) is 23.8 Å². The van der Waals surface area contributed by atoms with Gasteiger partial charge in [-0.2, -0.15) is 0 Å². The molecule has 15 heavy (non-hydrogen) atoms. The third-order valence-corrected chi connectivity index (χ3v) is 2.20. The number of aryl methyl sites for hydroxylation is 1. The predicted octanol–water partition coefficient (Wildman–Crippen LogP) is 2.49. The maximum Gasteiger partial charge on any atom is 0.119 e. The van der Waals surface area contributed by atoms with E-state index in [4.69, 9.17) is 4.74 Å². The normalized spacial score (nSPS) is 10.3. The molecule has 2 nitrogen and oxygen atoms in total. The highest BCUT2D eigenvalue weighted by Gasteiger charge is 1.96. The fourth-order valence-corrected chi connectivity index (χ4v) is 1.27. The molecule has 0 saturated heterocycles. The van der Waals surface area contributed by atoms with Gasteiger partial charge >= 0.3 is 0 Å². The first-order chi connectivity index (χ1) is 7.22. The largest absolute Gasteiger partial charge is 0.492 e. The van der Waals surface area contributed by atoms with Gasteiger partial charge in [0.2, 0.25) is 0 Å². The van der Waals surface area contributed by atoms with Crippen molar-refractivity contribution in [1.29, 1.82) is 0 Å². The lowest BCUT2D eigenvalue weighted by Crippen LogP contribution is -2.24. The van der Waals surface area contributed by atoms with E-state index in [2.05, 4.69) is 37.6 Å². The molecule has 0 atom stereocenters. The molecule has 0 bridgehead atoms. The molecule has 0 aliphatic rings. The number of rotatable bonds is 6. The standard InChI is InChI=1S/C13H19NO/c1-4-9-14(3)10-11-15-13-7-5-12(2)6-8-13/h4-8H,1,9-11H2,2-3H3. The Kier molecular flexibility index (Phi) is 4.91. The number of ether oxygens (including phenoxy) is 1. The zero-order valence-electron chi connectivity index (χ0n) is 9.57. The zero-order valence-corrected chi connectivity index (χ0v) is 9.57. The van der Waals surface area contributed by atoms with Crippen molar-refractivity contribution < 1.29 is 4.74 Å². The summed E-state index contributed by atoms with van der Waals surface area (Å²) in [5.74, 6) is 0.938. The molecule has 0 N–H and O–H groups in total. The lowest BCUT2D eigenvalue weighted by Gasteiger charge is -2.14. The number of hydrogen-bond acceptors (Lipinski definition) is 2. The van der Waals surface area contributed by atoms with E-state index >= 15 is 0 Å². The zero-order chi connectivity index (χ0) is 11.1. The average Bonchev–Trinajstić information content (AvgIpc) is 2.21. The Morgan fingerprint density at radius 1 is 1.33 bits per heavy atom. The van der Waals surface area contributed by atoms with Gasteiger partial charge in [0.15, 0.2) is 0 Å². The van der Waals surface area contributed by atoms with Crippen LogP contribution in [0.2, 0.25) is 0 Å². The lowest BCUT2D eigenvalue weighted by molar-refractivity contribution is 0.249. The van der Waals surface area contributed by atoms with E-state index in [9.17, 15) is 0 Å². The van der Waals surface area contributed by atoms with Crippen LogP contribution in [0.5, 0.6) is 5.75 Å². The Hall–Kier alpha value is -1.28. The Balaban J connectivity index is 2.25. The van der Waals surface area contributed by atoms with Crippen molar-refractivity contribution in [2.75, 3.05) is 26.7 Å². The summed E-state index contributed by atoms with van der Waals surface area (Å²) in [6.07, 6.45) is 1.89. The monoisotopic (exact) mass is 205 g/mol. The van der Waals surface area contributed by atoms with Gasteiger partial charge in [-0.15, -0.1) is 6.58 Å².